The van der Waals surface area contributed by atoms with Gasteiger partial charge in [-0.15, -0.1) is 12.4 Å². The molecule has 0 bridgehead atoms. The summed E-state index contributed by atoms with van der Waals surface area (Å²) in [5.41, 5.74) is 11.7. The second-order valence-corrected chi connectivity index (χ2v) is 3.01. The third-order valence-corrected chi connectivity index (χ3v) is 2.03. The number of nitrogens with two attached hydrogens (primary N) is 2. The molecule has 0 atom stereocenters. The maximum Gasteiger partial charge on any atom is 0.222 e. The number of halogens is 2. The second-order valence-electron chi connectivity index (χ2n) is 2.60. The highest BCUT2D eigenvalue weighted by atomic mass is 35.5. The highest BCUT2D eigenvalue weighted by molar-refractivity contribution is 6.36. The monoisotopic (exact) mass is 230 g/mol. The van der Waals surface area contributed by atoms with Crippen LogP contribution in [0.4, 0.5) is 11.8 Å². The highest BCUT2D eigenvalue weighted by Crippen LogP contribution is 2.26. The van der Waals surface area contributed by atoms with Crippen LogP contribution in [0.25, 0.3) is 10.9 Å². The van der Waals surface area contributed by atoms with Crippen LogP contribution in [0, 0.1) is 0 Å². The van der Waals surface area contributed by atoms with Gasteiger partial charge in [-0.3, -0.25) is 0 Å². The Morgan fingerprint density at radius 3 is 2.57 bits per heavy atom. The smallest absolute Gasteiger partial charge is 0.222 e. The van der Waals surface area contributed by atoms with Crippen LogP contribution in [0.15, 0.2) is 18.2 Å². The molecule has 2 aromatic rings. The maximum absolute atomic E-state index is 5.91. The number of anilines is 2. The minimum atomic E-state index is 0. The zero-order chi connectivity index (χ0) is 9.42. The summed E-state index contributed by atoms with van der Waals surface area (Å²) in [5, 5.41) is 1.19. The average molecular weight is 231 g/mol. The lowest BCUT2D eigenvalue weighted by Gasteiger charge is -2.02. The largest absolute Gasteiger partial charge is 0.383 e. The van der Waals surface area contributed by atoms with Crippen LogP contribution in [-0.2, 0) is 0 Å². The Morgan fingerprint density at radius 1 is 1.14 bits per heavy atom. The van der Waals surface area contributed by atoms with Crippen LogP contribution in [-0.4, -0.2) is 9.97 Å². The Hall–Kier alpha value is -1.26. The van der Waals surface area contributed by atoms with E-state index in [0.717, 1.165) is 0 Å². The van der Waals surface area contributed by atoms with Gasteiger partial charge < -0.3 is 11.5 Å². The molecule has 0 aliphatic heterocycles. The summed E-state index contributed by atoms with van der Waals surface area (Å²) in [4.78, 5) is 7.82. The molecule has 0 saturated heterocycles. The number of rotatable bonds is 0. The molecular weight excluding hydrogens is 223 g/mol. The molecule has 74 valence electrons. The minimum Gasteiger partial charge on any atom is -0.383 e. The predicted octanol–water partition coefficient (Wildman–Crippen LogP) is 1.87. The van der Waals surface area contributed by atoms with Crippen LogP contribution in [0.3, 0.4) is 0 Å². The zero-order valence-electron chi connectivity index (χ0n) is 7.07. The molecule has 0 amide bonds. The molecule has 0 aliphatic carbocycles. The first kappa shape index (κ1) is 10.8. The van der Waals surface area contributed by atoms with Crippen molar-refractivity contribution in [3.8, 4) is 0 Å². The zero-order valence-corrected chi connectivity index (χ0v) is 8.64. The van der Waals surface area contributed by atoms with Gasteiger partial charge in [0.2, 0.25) is 5.95 Å². The number of benzene rings is 1. The Kier molecular flexibility index (Phi) is 2.98. The van der Waals surface area contributed by atoms with Crippen molar-refractivity contribution in [3.05, 3.63) is 23.2 Å². The molecule has 6 heteroatoms. The van der Waals surface area contributed by atoms with E-state index in [1.165, 1.54) is 0 Å². The molecule has 0 spiro atoms. The van der Waals surface area contributed by atoms with Gasteiger partial charge in [0.05, 0.1) is 15.9 Å². The number of fused-ring (bicyclic) bond motifs is 1. The lowest BCUT2D eigenvalue weighted by molar-refractivity contribution is 1.25. The van der Waals surface area contributed by atoms with Crippen LogP contribution >= 0.6 is 24.0 Å². The first-order valence-corrected chi connectivity index (χ1v) is 4.03. The summed E-state index contributed by atoms with van der Waals surface area (Å²) >= 11 is 5.91. The van der Waals surface area contributed by atoms with Crippen LogP contribution < -0.4 is 11.5 Å². The molecule has 1 heterocycles. The SMILES string of the molecule is Cl.Nc1nc(N)c2c(Cl)cccc2n1. The van der Waals surface area contributed by atoms with Gasteiger partial charge in [0.25, 0.3) is 0 Å². The average Bonchev–Trinajstić information content (AvgIpc) is 2.02. The van der Waals surface area contributed by atoms with E-state index in [-0.39, 0.29) is 18.4 Å². The summed E-state index contributed by atoms with van der Waals surface area (Å²) in [5.74, 6) is 0.473. The molecular formula is C8H8Cl2N4. The number of hydrogen-bond acceptors (Lipinski definition) is 4. The van der Waals surface area contributed by atoms with Gasteiger partial charge in [-0.2, -0.15) is 4.98 Å². The van der Waals surface area contributed by atoms with E-state index in [9.17, 15) is 0 Å². The van der Waals surface area contributed by atoms with E-state index in [2.05, 4.69) is 9.97 Å². The predicted molar refractivity (Wildman–Crippen MR) is 60.6 cm³/mol. The van der Waals surface area contributed by atoms with Crippen molar-refractivity contribution in [2.24, 2.45) is 0 Å². The highest BCUT2D eigenvalue weighted by Gasteiger charge is 2.05. The molecule has 0 unspecified atom stereocenters. The van der Waals surface area contributed by atoms with Crippen molar-refractivity contribution >= 4 is 46.7 Å². The van der Waals surface area contributed by atoms with Crippen LogP contribution in [0.2, 0.25) is 5.02 Å². The molecule has 0 aliphatic rings. The molecule has 0 saturated carbocycles. The third-order valence-electron chi connectivity index (χ3n) is 1.72. The summed E-state index contributed by atoms with van der Waals surface area (Å²) in [7, 11) is 0. The fourth-order valence-corrected chi connectivity index (χ4v) is 1.45. The molecule has 4 nitrogen and oxygen atoms in total. The Bertz CT molecular complexity index is 472. The fourth-order valence-electron chi connectivity index (χ4n) is 1.19. The van der Waals surface area contributed by atoms with Gasteiger partial charge in [0.15, 0.2) is 0 Å². The van der Waals surface area contributed by atoms with Crippen molar-refractivity contribution < 1.29 is 0 Å². The van der Waals surface area contributed by atoms with E-state index in [0.29, 0.717) is 21.7 Å². The minimum absolute atomic E-state index is 0. The van der Waals surface area contributed by atoms with Crippen molar-refractivity contribution in [1.29, 1.82) is 0 Å². The summed E-state index contributed by atoms with van der Waals surface area (Å²) in [6.45, 7) is 0. The van der Waals surface area contributed by atoms with Gasteiger partial charge in [0, 0.05) is 0 Å². The van der Waals surface area contributed by atoms with E-state index in [1.54, 1.807) is 18.2 Å². The van der Waals surface area contributed by atoms with Crippen molar-refractivity contribution in [2.75, 3.05) is 11.5 Å². The van der Waals surface area contributed by atoms with Gasteiger partial charge in [0.1, 0.15) is 5.82 Å². The van der Waals surface area contributed by atoms with Crippen molar-refractivity contribution in [3.63, 3.8) is 0 Å². The molecule has 14 heavy (non-hydrogen) atoms. The van der Waals surface area contributed by atoms with E-state index >= 15 is 0 Å². The molecule has 1 aromatic heterocycles. The number of aromatic nitrogens is 2. The van der Waals surface area contributed by atoms with Gasteiger partial charge in [-0.05, 0) is 12.1 Å². The second kappa shape index (κ2) is 3.86. The van der Waals surface area contributed by atoms with Crippen molar-refractivity contribution in [1.82, 2.24) is 9.97 Å². The quantitative estimate of drug-likeness (QED) is 0.725. The maximum atomic E-state index is 5.91. The molecule has 0 fully saturated rings. The van der Waals surface area contributed by atoms with E-state index < -0.39 is 0 Å². The van der Waals surface area contributed by atoms with E-state index in [1.807, 2.05) is 0 Å². The number of nitrogen functional groups attached to an aromatic ring is 2. The Morgan fingerprint density at radius 2 is 1.86 bits per heavy atom. The van der Waals surface area contributed by atoms with Crippen molar-refractivity contribution in [2.45, 2.75) is 0 Å². The molecule has 0 radical (unpaired) electrons. The lowest BCUT2D eigenvalue weighted by atomic mass is 10.2. The van der Waals surface area contributed by atoms with Crippen LogP contribution in [0.1, 0.15) is 0 Å². The first-order chi connectivity index (χ1) is 6.18. The Labute approximate surface area is 91.7 Å². The summed E-state index contributed by atoms with van der Waals surface area (Å²) in [6.07, 6.45) is 0. The third kappa shape index (κ3) is 1.66. The fraction of sp³-hybridized carbons (Fsp3) is 0. The molecule has 4 N–H and O–H groups in total. The van der Waals surface area contributed by atoms with Gasteiger partial charge in [-0.25, -0.2) is 4.98 Å². The van der Waals surface area contributed by atoms with E-state index in [4.69, 9.17) is 23.1 Å². The standard InChI is InChI=1S/C8H7ClN4.ClH/c9-4-2-1-3-5-6(4)7(10)13-8(11)12-5;/h1-3H,(H4,10,11,12,13);1H. The Balaban J connectivity index is 0.000000980. The summed E-state index contributed by atoms with van der Waals surface area (Å²) < 4.78 is 0. The summed E-state index contributed by atoms with van der Waals surface area (Å²) in [6, 6.07) is 5.31. The molecule has 2 rings (SSSR count). The first-order valence-electron chi connectivity index (χ1n) is 3.65. The van der Waals surface area contributed by atoms with Crippen LogP contribution in [0.5, 0.6) is 0 Å². The van der Waals surface area contributed by atoms with Gasteiger partial charge >= 0.3 is 0 Å². The number of hydrogen-bond donors (Lipinski definition) is 2. The lowest BCUT2D eigenvalue weighted by Crippen LogP contribution is -2.00. The topological polar surface area (TPSA) is 77.8 Å². The normalized spacial score (nSPS) is 9.79. The van der Waals surface area contributed by atoms with Gasteiger partial charge in [-0.1, -0.05) is 17.7 Å². The number of nitrogens with zero attached hydrogens (tertiary/aromatic N) is 2. The molecule has 1 aromatic carbocycles.